The second-order valence-electron chi connectivity index (χ2n) is 3.47. The molecule has 1 atom stereocenters. The van der Waals surface area contributed by atoms with Crippen molar-refractivity contribution in [3.63, 3.8) is 0 Å². The van der Waals surface area contributed by atoms with Crippen LogP contribution in [0.15, 0.2) is 24.3 Å². The van der Waals surface area contributed by atoms with Crippen molar-refractivity contribution in [1.82, 2.24) is 5.32 Å². The van der Waals surface area contributed by atoms with E-state index in [1.54, 1.807) is 0 Å². The van der Waals surface area contributed by atoms with E-state index >= 15 is 0 Å². The van der Waals surface area contributed by atoms with E-state index in [1.165, 1.54) is 5.56 Å². The van der Waals surface area contributed by atoms with Crippen LogP contribution in [0.2, 0.25) is 5.02 Å². The number of rotatable bonds is 5. The fraction of sp³-hybridized carbons (Fsp3) is 0.500. The number of hydrogen-bond acceptors (Lipinski definition) is 1. The molecule has 14 heavy (non-hydrogen) atoms. The summed E-state index contributed by atoms with van der Waals surface area (Å²) in [5, 5.41) is 4.21. The van der Waals surface area contributed by atoms with Gasteiger partial charge in [-0.05, 0) is 36.6 Å². The number of benzene rings is 1. The summed E-state index contributed by atoms with van der Waals surface area (Å²) in [6, 6.07) is 8.15. The molecule has 0 fully saturated rings. The summed E-state index contributed by atoms with van der Waals surface area (Å²) in [6.45, 7) is 6.40. The maximum Gasteiger partial charge on any atom is 0.0408 e. The maximum atomic E-state index is 5.96. The Balaban J connectivity index is 2.68. The van der Waals surface area contributed by atoms with Crippen molar-refractivity contribution in [2.24, 2.45) is 0 Å². The molecular formula is C12H18ClN. The molecule has 1 unspecified atom stereocenters. The third kappa shape index (κ3) is 3.32. The van der Waals surface area contributed by atoms with Crippen LogP contribution < -0.4 is 5.32 Å². The van der Waals surface area contributed by atoms with E-state index in [-0.39, 0.29) is 0 Å². The molecule has 0 aromatic heterocycles. The molecule has 0 saturated heterocycles. The first-order valence-electron chi connectivity index (χ1n) is 5.24. The topological polar surface area (TPSA) is 12.0 Å². The lowest BCUT2D eigenvalue weighted by Gasteiger charge is -2.15. The zero-order chi connectivity index (χ0) is 10.4. The Kier molecular flexibility index (Phi) is 4.99. The van der Waals surface area contributed by atoms with Gasteiger partial charge in [0.05, 0.1) is 0 Å². The van der Waals surface area contributed by atoms with Crippen molar-refractivity contribution in [2.75, 3.05) is 13.1 Å². The summed E-state index contributed by atoms with van der Waals surface area (Å²) < 4.78 is 0. The quantitative estimate of drug-likeness (QED) is 0.787. The van der Waals surface area contributed by atoms with Crippen molar-refractivity contribution in [3.05, 3.63) is 34.9 Å². The van der Waals surface area contributed by atoms with E-state index in [0.717, 1.165) is 24.5 Å². The molecule has 1 rings (SSSR count). The highest BCUT2D eigenvalue weighted by atomic mass is 35.5. The minimum absolute atomic E-state index is 0.577. The van der Waals surface area contributed by atoms with Crippen molar-refractivity contribution < 1.29 is 0 Å². The molecule has 0 aliphatic carbocycles. The second-order valence-corrected chi connectivity index (χ2v) is 3.90. The molecule has 0 aliphatic heterocycles. The van der Waals surface area contributed by atoms with Gasteiger partial charge < -0.3 is 5.32 Å². The molecule has 0 radical (unpaired) electrons. The van der Waals surface area contributed by atoms with Crippen LogP contribution in [0.1, 0.15) is 31.7 Å². The minimum Gasteiger partial charge on any atom is -0.316 e. The average molecular weight is 212 g/mol. The molecular weight excluding hydrogens is 194 g/mol. The minimum atomic E-state index is 0.577. The van der Waals surface area contributed by atoms with E-state index < -0.39 is 0 Å². The van der Waals surface area contributed by atoms with Crippen LogP contribution in [0, 0.1) is 0 Å². The standard InChI is InChI=1S/C12H18ClN/c1-3-10(9-14-4-2)11-6-5-7-12(13)8-11/h5-8,10,14H,3-4,9H2,1-2H3. The highest BCUT2D eigenvalue weighted by Gasteiger charge is 2.08. The first kappa shape index (κ1) is 11.5. The predicted molar refractivity (Wildman–Crippen MR) is 63.0 cm³/mol. The van der Waals surface area contributed by atoms with Gasteiger partial charge in [0.2, 0.25) is 0 Å². The van der Waals surface area contributed by atoms with Gasteiger partial charge in [0.1, 0.15) is 0 Å². The lowest BCUT2D eigenvalue weighted by molar-refractivity contribution is 0.584. The van der Waals surface area contributed by atoms with E-state index in [2.05, 4.69) is 31.3 Å². The van der Waals surface area contributed by atoms with Gasteiger partial charge in [0, 0.05) is 11.6 Å². The maximum absolute atomic E-state index is 5.96. The summed E-state index contributed by atoms with van der Waals surface area (Å²) >= 11 is 5.96. The molecule has 0 saturated carbocycles. The summed E-state index contributed by atoms with van der Waals surface area (Å²) in [5.41, 5.74) is 1.33. The van der Waals surface area contributed by atoms with E-state index in [1.807, 2.05) is 12.1 Å². The van der Waals surface area contributed by atoms with Crippen molar-refractivity contribution >= 4 is 11.6 Å². The molecule has 78 valence electrons. The molecule has 1 aromatic rings. The summed E-state index contributed by atoms with van der Waals surface area (Å²) in [5.74, 6) is 0.577. The van der Waals surface area contributed by atoms with Crippen molar-refractivity contribution in [2.45, 2.75) is 26.2 Å². The zero-order valence-corrected chi connectivity index (χ0v) is 9.64. The van der Waals surface area contributed by atoms with Gasteiger partial charge in [-0.3, -0.25) is 0 Å². The second kappa shape index (κ2) is 6.05. The van der Waals surface area contributed by atoms with Crippen molar-refractivity contribution in [3.8, 4) is 0 Å². The largest absolute Gasteiger partial charge is 0.316 e. The highest BCUT2D eigenvalue weighted by Crippen LogP contribution is 2.21. The van der Waals surface area contributed by atoms with Gasteiger partial charge in [-0.2, -0.15) is 0 Å². The highest BCUT2D eigenvalue weighted by molar-refractivity contribution is 6.30. The first-order chi connectivity index (χ1) is 6.77. The Morgan fingerprint density at radius 3 is 2.71 bits per heavy atom. The normalized spacial score (nSPS) is 12.8. The Labute approximate surface area is 91.5 Å². The lowest BCUT2D eigenvalue weighted by Crippen LogP contribution is -2.20. The van der Waals surface area contributed by atoms with Crippen LogP contribution in [-0.2, 0) is 0 Å². The first-order valence-corrected chi connectivity index (χ1v) is 5.61. The Bertz CT molecular complexity index is 273. The van der Waals surface area contributed by atoms with Crippen LogP contribution in [0.25, 0.3) is 0 Å². The van der Waals surface area contributed by atoms with Gasteiger partial charge in [0.25, 0.3) is 0 Å². The van der Waals surface area contributed by atoms with E-state index in [4.69, 9.17) is 11.6 Å². The average Bonchev–Trinajstić information content (AvgIpc) is 2.19. The molecule has 1 N–H and O–H groups in total. The molecule has 0 aliphatic rings. The Morgan fingerprint density at radius 1 is 1.36 bits per heavy atom. The fourth-order valence-corrected chi connectivity index (χ4v) is 1.78. The smallest absolute Gasteiger partial charge is 0.0408 e. The third-order valence-electron chi connectivity index (χ3n) is 2.45. The van der Waals surface area contributed by atoms with Gasteiger partial charge in [-0.15, -0.1) is 0 Å². The summed E-state index contributed by atoms with van der Waals surface area (Å²) in [4.78, 5) is 0. The van der Waals surface area contributed by atoms with E-state index in [0.29, 0.717) is 5.92 Å². The number of halogens is 1. The third-order valence-corrected chi connectivity index (χ3v) is 2.69. The zero-order valence-electron chi connectivity index (χ0n) is 8.89. The Morgan fingerprint density at radius 2 is 2.14 bits per heavy atom. The molecule has 0 bridgehead atoms. The number of nitrogens with one attached hydrogen (secondary N) is 1. The molecule has 0 spiro atoms. The molecule has 1 nitrogen and oxygen atoms in total. The van der Waals surface area contributed by atoms with Crippen LogP contribution in [-0.4, -0.2) is 13.1 Å². The number of hydrogen-bond donors (Lipinski definition) is 1. The van der Waals surface area contributed by atoms with Crippen molar-refractivity contribution in [1.29, 1.82) is 0 Å². The van der Waals surface area contributed by atoms with Gasteiger partial charge in [-0.1, -0.05) is 37.6 Å². The van der Waals surface area contributed by atoms with Gasteiger partial charge in [-0.25, -0.2) is 0 Å². The van der Waals surface area contributed by atoms with Gasteiger partial charge >= 0.3 is 0 Å². The monoisotopic (exact) mass is 211 g/mol. The molecule has 1 aromatic carbocycles. The van der Waals surface area contributed by atoms with E-state index in [9.17, 15) is 0 Å². The predicted octanol–water partition coefficient (Wildman–Crippen LogP) is 3.44. The summed E-state index contributed by atoms with van der Waals surface area (Å²) in [7, 11) is 0. The fourth-order valence-electron chi connectivity index (χ4n) is 1.58. The van der Waals surface area contributed by atoms with Crippen LogP contribution in [0.3, 0.4) is 0 Å². The lowest BCUT2D eigenvalue weighted by atomic mass is 9.96. The van der Waals surface area contributed by atoms with Crippen LogP contribution >= 0.6 is 11.6 Å². The van der Waals surface area contributed by atoms with Crippen LogP contribution in [0.5, 0.6) is 0 Å². The summed E-state index contributed by atoms with van der Waals surface area (Å²) in [6.07, 6.45) is 1.15. The number of likely N-dealkylation sites (N-methyl/N-ethyl adjacent to an activating group) is 1. The van der Waals surface area contributed by atoms with Gasteiger partial charge in [0.15, 0.2) is 0 Å². The SMILES string of the molecule is CCNCC(CC)c1cccc(Cl)c1. The van der Waals surface area contributed by atoms with Crippen LogP contribution in [0.4, 0.5) is 0 Å². The molecule has 0 heterocycles. The Hall–Kier alpha value is -0.530. The molecule has 2 heteroatoms. The molecule has 0 amide bonds.